The summed E-state index contributed by atoms with van der Waals surface area (Å²) in [4.78, 5) is 0.489. The summed E-state index contributed by atoms with van der Waals surface area (Å²) in [5.41, 5.74) is 1.24. The molecular formula is C23H28O3SSe. The first-order valence-corrected chi connectivity index (χ1v) is 13.7. The number of benzene rings is 2. The summed E-state index contributed by atoms with van der Waals surface area (Å²) < 4.78 is 31.6. The van der Waals surface area contributed by atoms with Gasteiger partial charge in [0.15, 0.2) is 0 Å². The zero-order chi connectivity index (χ0) is 19.8. The average molecular weight is 464 g/mol. The van der Waals surface area contributed by atoms with E-state index in [0.29, 0.717) is 31.4 Å². The Bertz CT molecular complexity index is 911. The maximum atomic E-state index is 13.0. The van der Waals surface area contributed by atoms with Crippen LogP contribution in [0, 0.1) is 16.7 Å². The summed E-state index contributed by atoms with van der Waals surface area (Å²) in [6.45, 7) is 4.59. The van der Waals surface area contributed by atoms with Crippen molar-refractivity contribution in [3.05, 3.63) is 66.2 Å². The van der Waals surface area contributed by atoms with Crippen LogP contribution in [0.5, 0.6) is 5.75 Å². The Morgan fingerprint density at radius 1 is 1.04 bits per heavy atom. The molecule has 0 aliphatic heterocycles. The molecule has 2 saturated carbocycles. The van der Waals surface area contributed by atoms with Gasteiger partial charge < -0.3 is 0 Å². The van der Waals surface area contributed by atoms with Crippen molar-refractivity contribution in [2.75, 3.05) is 5.75 Å². The van der Waals surface area contributed by atoms with E-state index in [1.807, 2.05) is 12.1 Å². The molecule has 28 heavy (non-hydrogen) atoms. The van der Waals surface area contributed by atoms with E-state index in [1.165, 1.54) is 12.0 Å². The number of rotatable bonds is 7. The Morgan fingerprint density at radius 2 is 1.68 bits per heavy atom. The molecule has 3 nitrogen and oxygen atoms in total. The average Bonchev–Trinajstić information content (AvgIpc) is 3.02. The molecule has 0 unspecified atom stereocenters. The van der Waals surface area contributed by atoms with E-state index in [2.05, 4.69) is 38.1 Å². The molecule has 0 spiro atoms. The molecule has 5 heteroatoms. The van der Waals surface area contributed by atoms with Crippen LogP contribution in [0.25, 0.3) is 0 Å². The first kappa shape index (κ1) is 20.0. The summed E-state index contributed by atoms with van der Waals surface area (Å²) >= 11 is 0.385. The van der Waals surface area contributed by atoms with Gasteiger partial charge in [0.05, 0.1) is 0 Å². The monoisotopic (exact) mass is 464 g/mol. The van der Waals surface area contributed by atoms with Crippen LogP contribution in [0.4, 0.5) is 0 Å². The first-order valence-electron chi connectivity index (χ1n) is 9.95. The van der Waals surface area contributed by atoms with Gasteiger partial charge in [-0.25, -0.2) is 0 Å². The van der Waals surface area contributed by atoms with Crippen molar-refractivity contribution >= 4 is 25.1 Å². The molecule has 0 N–H and O–H groups in total. The molecule has 3 atom stereocenters. The standard InChI is InChI=1S/C23H28O3SSe/c1-22(2)19-13-14-23(22,17-27(24,25)26-20-11-7-4-8-12-20)21(15-19)28-16-18-9-5-3-6-10-18/h3-12,19,21H,13-17H2,1-2H3/t19-,21-,23-/m1/s1. The van der Waals surface area contributed by atoms with Gasteiger partial charge in [0.25, 0.3) is 0 Å². The molecular weight excluding hydrogens is 435 g/mol. The Kier molecular flexibility index (Phi) is 5.37. The van der Waals surface area contributed by atoms with Gasteiger partial charge in [-0.15, -0.1) is 0 Å². The predicted octanol–water partition coefficient (Wildman–Crippen LogP) is 4.91. The molecule has 2 bridgehead atoms. The third-order valence-electron chi connectivity index (χ3n) is 7.05. The molecule has 2 aliphatic carbocycles. The van der Waals surface area contributed by atoms with Crippen molar-refractivity contribution < 1.29 is 12.6 Å². The van der Waals surface area contributed by atoms with Crippen molar-refractivity contribution in [2.24, 2.45) is 16.7 Å². The van der Waals surface area contributed by atoms with Crippen LogP contribution in [0.3, 0.4) is 0 Å². The van der Waals surface area contributed by atoms with Crippen LogP contribution in [-0.2, 0) is 15.4 Å². The van der Waals surface area contributed by atoms with Gasteiger partial charge in [-0.05, 0) is 0 Å². The fraction of sp³-hybridized carbons (Fsp3) is 0.478. The van der Waals surface area contributed by atoms with Gasteiger partial charge in [0.1, 0.15) is 0 Å². The molecule has 2 aliphatic rings. The summed E-state index contributed by atoms with van der Waals surface area (Å²) in [5, 5.41) is 1.07. The van der Waals surface area contributed by atoms with E-state index in [0.717, 1.165) is 18.2 Å². The Balaban J connectivity index is 1.55. The number of fused-ring (bicyclic) bond motifs is 2. The quantitative estimate of drug-likeness (QED) is 0.433. The fourth-order valence-electron chi connectivity index (χ4n) is 5.31. The zero-order valence-corrected chi connectivity index (χ0v) is 19.0. The van der Waals surface area contributed by atoms with E-state index < -0.39 is 10.1 Å². The Hall–Kier alpha value is -1.29. The number of para-hydroxylation sites is 1. The minimum absolute atomic E-state index is 0.0449. The topological polar surface area (TPSA) is 43.4 Å². The van der Waals surface area contributed by atoms with E-state index in [9.17, 15) is 8.42 Å². The molecule has 2 fully saturated rings. The Morgan fingerprint density at radius 3 is 2.32 bits per heavy atom. The molecule has 0 aromatic heterocycles. The van der Waals surface area contributed by atoms with Gasteiger partial charge in [-0.3, -0.25) is 0 Å². The van der Waals surface area contributed by atoms with E-state index in [1.54, 1.807) is 24.3 Å². The number of hydrogen-bond acceptors (Lipinski definition) is 3. The van der Waals surface area contributed by atoms with Gasteiger partial charge in [0, 0.05) is 0 Å². The summed E-state index contributed by atoms with van der Waals surface area (Å²) in [6, 6.07) is 19.5. The van der Waals surface area contributed by atoms with Gasteiger partial charge in [0.2, 0.25) is 0 Å². The van der Waals surface area contributed by atoms with Crippen LogP contribution in [-0.4, -0.2) is 29.1 Å². The molecule has 150 valence electrons. The van der Waals surface area contributed by atoms with E-state index in [4.69, 9.17) is 4.18 Å². The molecule has 0 amide bonds. The van der Waals surface area contributed by atoms with Crippen LogP contribution in [0.1, 0.15) is 38.7 Å². The molecule has 0 radical (unpaired) electrons. The van der Waals surface area contributed by atoms with Gasteiger partial charge in [-0.1, -0.05) is 0 Å². The second kappa shape index (κ2) is 7.51. The minimum atomic E-state index is -3.64. The molecule has 0 saturated heterocycles. The van der Waals surface area contributed by atoms with Gasteiger partial charge in [-0.2, -0.15) is 0 Å². The normalized spacial score (nSPS) is 28.4. The maximum absolute atomic E-state index is 13.0. The molecule has 0 heterocycles. The molecule has 2 aromatic carbocycles. The third kappa shape index (κ3) is 3.65. The number of hydrogen-bond donors (Lipinski definition) is 0. The predicted molar refractivity (Wildman–Crippen MR) is 114 cm³/mol. The second-order valence-corrected chi connectivity index (χ2v) is 12.8. The van der Waals surface area contributed by atoms with E-state index in [-0.39, 0.29) is 16.6 Å². The molecule has 4 rings (SSSR count). The summed E-state index contributed by atoms with van der Waals surface area (Å²) in [6.07, 6.45) is 3.32. The first-order chi connectivity index (χ1) is 13.3. The SMILES string of the molecule is CC1(C)[C@@H]2CC[C@@]1(CS(=O)(=O)Oc1ccccc1)[C@H]([Se]Cc1ccccc1)C2. The van der Waals surface area contributed by atoms with E-state index >= 15 is 0 Å². The van der Waals surface area contributed by atoms with Crippen molar-refractivity contribution in [3.63, 3.8) is 0 Å². The van der Waals surface area contributed by atoms with Crippen molar-refractivity contribution in [1.82, 2.24) is 0 Å². The van der Waals surface area contributed by atoms with Crippen molar-refractivity contribution in [2.45, 2.75) is 43.2 Å². The van der Waals surface area contributed by atoms with Crippen LogP contribution >= 0.6 is 0 Å². The van der Waals surface area contributed by atoms with Crippen LogP contribution in [0.2, 0.25) is 4.82 Å². The van der Waals surface area contributed by atoms with Gasteiger partial charge >= 0.3 is 175 Å². The van der Waals surface area contributed by atoms with Crippen molar-refractivity contribution in [3.8, 4) is 5.75 Å². The van der Waals surface area contributed by atoms with Crippen LogP contribution in [0.15, 0.2) is 60.7 Å². The van der Waals surface area contributed by atoms with Crippen LogP contribution < -0.4 is 4.18 Å². The van der Waals surface area contributed by atoms with Crippen molar-refractivity contribution in [1.29, 1.82) is 0 Å². The third-order valence-corrected chi connectivity index (χ3v) is 11.6. The fourth-order valence-corrected chi connectivity index (χ4v) is 11.1. The zero-order valence-electron chi connectivity index (χ0n) is 16.5. The Labute approximate surface area is 175 Å². The summed E-state index contributed by atoms with van der Waals surface area (Å²) in [7, 11) is -3.64. The molecule has 2 aromatic rings. The summed E-state index contributed by atoms with van der Waals surface area (Å²) in [5.74, 6) is 1.18. The second-order valence-electron chi connectivity index (χ2n) is 8.73.